The lowest BCUT2D eigenvalue weighted by Gasteiger charge is -2.23. The van der Waals surface area contributed by atoms with Crippen LogP contribution in [0.5, 0.6) is 0 Å². The number of carbonyl (C=O) groups is 1. The maximum atomic E-state index is 12.1. The summed E-state index contributed by atoms with van der Waals surface area (Å²) in [7, 11) is 0. The molecule has 0 aliphatic heterocycles. The van der Waals surface area contributed by atoms with Gasteiger partial charge in [-0.1, -0.05) is 6.42 Å². The normalized spacial score (nSPS) is 31.7. The summed E-state index contributed by atoms with van der Waals surface area (Å²) >= 11 is 0. The number of carboxylic acid groups (broad SMARTS) is 1. The van der Waals surface area contributed by atoms with Crippen molar-refractivity contribution in [1.29, 1.82) is 0 Å². The first-order chi connectivity index (χ1) is 5.24. The maximum Gasteiger partial charge on any atom is 0.306 e. The van der Waals surface area contributed by atoms with Gasteiger partial charge in [0.05, 0.1) is 12.6 Å². The highest BCUT2D eigenvalue weighted by atomic mass is 19.1. The van der Waals surface area contributed by atoms with E-state index in [1.54, 1.807) is 0 Å². The number of halogens is 1. The lowest BCUT2D eigenvalue weighted by molar-refractivity contribution is -0.143. The van der Waals surface area contributed by atoms with E-state index in [9.17, 15) is 9.18 Å². The molecule has 0 aromatic heterocycles. The first-order valence-corrected chi connectivity index (χ1v) is 4.02. The van der Waals surface area contributed by atoms with Crippen LogP contribution in [-0.4, -0.2) is 17.8 Å². The minimum atomic E-state index is -0.761. The molecule has 1 saturated carbocycles. The number of rotatable bonds is 2. The second kappa shape index (κ2) is 3.69. The van der Waals surface area contributed by atoms with Gasteiger partial charge in [0.1, 0.15) is 0 Å². The quantitative estimate of drug-likeness (QED) is 0.669. The molecular weight excluding hydrogens is 147 g/mol. The largest absolute Gasteiger partial charge is 0.481 e. The molecular formula is C8H13FO2. The summed E-state index contributed by atoms with van der Waals surface area (Å²) in [4.78, 5) is 10.5. The summed E-state index contributed by atoms with van der Waals surface area (Å²) in [5, 5.41) is 8.63. The van der Waals surface area contributed by atoms with Crippen LogP contribution in [0.2, 0.25) is 0 Å². The Hall–Kier alpha value is -0.600. The van der Waals surface area contributed by atoms with Crippen molar-refractivity contribution in [3.63, 3.8) is 0 Å². The second-order valence-corrected chi connectivity index (χ2v) is 3.22. The molecule has 0 aromatic carbocycles. The zero-order chi connectivity index (χ0) is 8.27. The van der Waals surface area contributed by atoms with Gasteiger partial charge in [-0.2, -0.15) is 0 Å². The van der Waals surface area contributed by atoms with E-state index >= 15 is 0 Å². The van der Waals surface area contributed by atoms with Crippen molar-refractivity contribution in [2.24, 2.45) is 11.8 Å². The number of hydrogen-bond donors (Lipinski definition) is 1. The maximum absolute atomic E-state index is 12.1. The molecule has 0 unspecified atom stereocenters. The van der Waals surface area contributed by atoms with Crippen LogP contribution < -0.4 is 0 Å². The molecule has 1 fully saturated rings. The second-order valence-electron chi connectivity index (χ2n) is 3.22. The fourth-order valence-corrected chi connectivity index (χ4v) is 1.66. The van der Waals surface area contributed by atoms with E-state index in [0.717, 1.165) is 19.3 Å². The van der Waals surface area contributed by atoms with Gasteiger partial charge in [-0.05, 0) is 25.2 Å². The van der Waals surface area contributed by atoms with Gasteiger partial charge in [-0.15, -0.1) is 0 Å². The molecule has 0 aromatic rings. The van der Waals surface area contributed by atoms with Crippen LogP contribution in [0.15, 0.2) is 0 Å². The molecule has 0 radical (unpaired) electrons. The fraction of sp³-hybridized carbons (Fsp3) is 0.875. The van der Waals surface area contributed by atoms with Crippen molar-refractivity contribution in [2.45, 2.75) is 25.7 Å². The molecule has 0 saturated heterocycles. The zero-order valence-corrected chi connectivity index (χ0v) is 6.42. The van der Waals surface area contributed by atoms with Crippen molar-refractivity contribution >= 4 is 5.97 Å². The minimum Gasteiger partial charge on any atom is -0.481 e. The van der Waals surface area contributed by atoms with E-state index < -0.39 is 5.97 Å². The number of carboxylic acids is 1. The summed E-state index contributed by atoms with van der Waals surface area (Å²) in [5.41, 5.74) is 0. The lowest BCUT2D eigenvalue weighted by atomic mass is 9.82. The Labute approximate surface area is 65.4 Å². The van der Waals surface area contributed by atoms with Gasteiger partial charge in [0, 0.05) is 0 Å². The average Bonchev–Trinajstić information content (AvgIpc) is 2.05. The molecule has 0 amide bonds. The Morgan fingerprint density at radius 1 is 1.55 bits per heavy atom. The molecule has 1 N–H and O–H groups in total. The molecule has 3 heteroatoms. The van der Waals surface area contributed by atoms with Crippen molar-refractivity contribution in [3.05, 3.63) is 0 Å². The first-order valence-electron chi connectivity index (χ1n) is 4.02. The van der Waals surface area contributed by atoms with Gasteiger partial charge in [0.2, 0.25) is 0 Å². The molecule has 11 heavy (non-hydrogen) atoms. The van der Waals surface area contributed by atoms with E-state index in [4.69, 9.17) is 5.11 Å². The Morgan fingerprint density at radius 2 is 2.27 bits per heavy atom. The standard InChI is InChI=1S/C8H13FO2/c9-5-6-2-1-3-7(4-6)8(10)11/h6-7H,1-5H2,(H,10,11)/t6-,7+/m0/s1. The highest BCUT2D eigenvalue weighted by molar-refractivity contribution is 5.70. The van der Waals surface area contributed by atoms with Gasteiger partial charge >= 0.3 is 5.97 Å². The molecule has 2 atom stereocenters. The topological polar surface area (TPSA) is 37.3 Å². The van der Waals surface area contributed by atoms with Crippen LogP contribution in [0, 0.1) is 11.8 Å². The Balaban J connectivity index is 2.39. The Kier molecular flexibility index (Phi) is 2.85. The number of aliphatic carboxylic acids is 1. The third-order valence-corrected chi connectivity index (χ3v) is 2.35. The van der Waals surface area contributed by atoms with E-state index in [1.807, 2.05) is 0 Å². The van der Waals surface area contributed by atoms with Crippen LogP contribution in [0.4, 0.5) is 4.39 Å². The molecule has 0 heterocycles. The van der Waals surface area contributed by atoms with Gasteiger partial charge in [-0.3, -0.25) is 9.18 Å². The fourth-order valence-electron chi connectivity index (χ4n) is 1.66. The summed E-state index contributed by atoms with van der Waals surface area (Å²) in [6, 6.07) is 0. The number of alkyl halides is 1. The smallest absolute Gasteiger partial charge is 0.306 e. The van der Waals surface area contributed by atoms with Gasteiger partial charge < -0.3 is 5.11 Å². The molecule has 1 aliphatic rings. The zero-order valence-electron chi connectivity index (χ0n) is 6.42. The SMILES string of the molecule is O=C(O)[C@@H]1CCC[C@H](CF)C1. The summed E-state index contributed by atoms with van der Waals surface area (Å²) in [6.07, 6.45) is 2.99. The highest BCUT2D eigenvalue weighted by Crippen LogP contribution is 2.29. The lowest BCUT2D eigenvalue weighted by Crippen LogP contribution is -2.23. The van der Waals surface area contributed by atoms with Crippen molar-refractivity contribution in [3.8, 4) is 0 Å². The third-order valence-electron chi connectivity index (χ3n) is 2.35. The summed E-state index contributed by atoms with van der Waals surface area (Å²) < 4.78 is 12.1. The molecule has 2 nitrogen and oxygen atoms in total. The van der Waals surface area contributed by atoms with E-state index in [0.29, 0.717) is 6.42 Å². The highest BCUT2D eigenvalue weighted by Gasteiger charge is 2.26. The van der Waals surface area contributed by atoms with Gasteiger partial charge in [0.25, 0.3) is 0 Å². The van der Waals surface area contributed by atoms with Crippen molar-refractivity contribution in [2.75, 3.05) is 6.67 Å². The Morgan fingerprint density at radius 3 is 2.82 bits per heavy atom. The van der Waals surface area contributed by atoms with E-state index in [1.165, 1.54) is 0 Å². The minimum absolute atomic E-state index is 0.00449. The monoisotopic (exact) mass is 160 g/mol. The predicted octanol–water partition coefficient (Wildman–Crippen LogP) is 1.85. The molecule has 1 aliphatic carbocycles. The van der Waals surface area contributed by atoms with Gasteiger partial charge in [0.15, 0.2) is 0 Å². The van der Waals surface area contributed by atoms with Crippen LogP contribution in [0.3, 0.4) is 0 Å². The molecule has 64 valence electrons. The summed E-state index contributed by atoms with van der Waals surface area (Å²) in [6.45, 7) is -0.357. The number of hydrogen-bond acceptors (Lipinski definition) is 1. The van der Waals surface area contributed by atoms with Crippen LogP contribution >= 0.6 is 0 Å². The molecule has 0 spiro atoms. The Bertz CT molecular complexity index is 147. The van der Waals surface area contributed by atoms with Crippen LogP contribution in [0.1, 0.15) is 25.7 Å². The van der Waals surface area contributed by atoms with Crippen LogP contribution in [-0.2, 0) is 4.79 Å². The van der Waals surface area contributed by atoms with E-state index in [-0.39, 0.29) is 18.5 Å². The average molecular weight is 160 g/mol. The predicted molar refractivity (Wildman–Crippen MR) is 39.1 cm³/mol. The van der Waals surface area contributed by atoms with Crippen molar-refractivity contribution < 1.29 is 14.3 Å². The first kappa shape index (κ1) is 8.50. The summed E-state index contributed by atoms with van der Waals surface area (Å²) in [5.74, 6) is -1.04. The van der Waals surface area contributed by atoms with Crippen LogP contribution in [0.25, 0.3) is 0 Å². The molecule has 1 rings (SSSR count). The third kappa shape index (κ3) is 2.17. The van der Waals surface area contributed by atoms with Crippen molar-refractivity contribution in [1.82, 2.24) is 0 Å². The molecule has 0 bridgehead atoms. The van der Waals surface area contributed by atoms with Gasteiger partial charge in [-0.25, -0.2) is 0 Å². The van der Waals surface area contributed by atoms with E-state index in [2.05, 4.69) is 0 Å².